The molecule has 2 N–H and O–H groups in total. The summed E-state index contributed by atoms with van der Waals surface area (Å²) in [4.78, 5) is 37.7. The fourth-order valence-electron chi connectivity index (χ4n) is 1.91. The first-order chi connectivity index (χ1) is 8.08. The molecule has 0 bridgehead atoms. The molecule has 0 spiro atoms. The molecule has 2 heterocycles. The van der Waals surface area contributed by atoms with E-state index in [0.29, 0.717) is 18.5 Å². The monoisotopic (exact) mass is 236 g/mol. The number of hydrogen-bond acceptors (Lipinski definition) is 3. The van der Waals surface area contributed by atoms with E-state index in [1.54, 1.807) is 0 Å². The number of carboxylic acids is 1. The van der Waals surface area contributed by atoms with Gasteiger partial charge in [0.25, 0.3) is 5.91 Å². The number of pyridine rings is 1. The minimum absolute atomic E-state index is 0.209. The predicted molar refractivity (Wildman–Crippen MR) is 58.7 cm³/mol. The van der Waals surface area contributed by atoms with Crippen LogP contribution in [0, 0.1) is 5.92 Å². The summed E-state index contributed by atoms with van der Waals surface area (Å²) in [5.74, 6) is -1.67. The van der Waals surface area contributed by atoms with Crippen molar-refractivity contribution in [1.29, 1.82) is 0 Å². The summed E-state index contributed by atoms with van der Waals surface area (Å²) in [6.45, 7) is 0.629. The normalized spacial score (nSPS) is 19.3. The summed E-state index contributed by atoms with van der Waals surface area (Å²) in [5.41, 5.74) is -0.0513. The Labute approximate surface area is 96.9 Å². The minimum atomic E-state index is -0.883. The quantitative estimate of drug-likeness (QED) is 0.751. The largest absolute Gasteiger partial charge is 0.481 e. The number of carbonyl (C=O) groups is 2. The number of hydrogen-bond donors (Lipinski definition) is 2. The molecule has 1 aromatic heterocycles. The van der Waals surface area contributed by atoms with E-state index in [9.17, 15) is 14.4 Å². The summed E-state index contributed by atoms with van der Waals surface area (Å²) >= 11 is 0. The minimum Gasteiger partial charge on any atom is -0.481 e. The zero-order chi connectivity index (χ0) is 12.4. The Morgan fingerprint density at radius 2 is 2.24 bits per heavy atom. The third-order valence-corrected chi connectivity index (χ3v) is 2.85. The molecule has 1 aliphatic rings. The number of amides is 1. The van der Waals surface area contributed by atoms with Crippen molar-refractivity contribution in [3.63, 3.8) is 0 Å². The van der Waals surface area contributed by atoms with Crippen molar-refractivity contribution in [2.24, 2.45) is 5.92 Å². The zero-order valence-electron chi connectivity index (χ0n) is 9.05. The van der Waals surface area contributed by atoms with Gasteiger partial charge in [-0.05, 0) is 12.5 Å². The third kappa shape index (κ3) is 2.35. The number of aromatic amines is 1. The molecule has 0 radical (unpaired) electrons. The van der Waals surface area contributed by atoms with Crippen LogP contribution < -0.4 is 5.56 Å². The molecule has 6 nitrogen and oxygen atoms in total. The molecule has 90 valence electrons. The van der Waals surface area contributed by atoms with Gasteiger partial charge in [-0.1, -0.05) is 0 Å². The zero-order valence-corrected chi connectivity index (χ0v) is 9.05. The average Bonchev–Trinajstić information content (AvgIpc) is 2.77. The first kappa shape index (κ1) is 11.4. The highest BCUT2D eigenvalue weighted by Crippen LogP contribution is 2.18. The van der Waals surface area contributed by atoms with Crippen LogP contribution in [0.15, 0.2) is 23.1 Å². The molecule has 1 saturated heterocycles. The van der Waals surface area contributed by atoms with Gasteiger partial charge in [0.2, 0.25) is 5.56 Å². The summed E-state index contributed by atoms with van der Waals surface area (Å²) in [6.07, 6.45) is 1.87. The lowest BCUT2D eigenvalue weighted by Crippen LogP contribution is -2.30. The van der Waals surface area contributed by atoms with Crippen molar-refractivity contribution in [2.75, 3.05) is 13.1 Å². The van der Waals surface area contributed by atoms with E-state index >= 15 is 0 Å². The van der Waals surface area contributed by atoms with Crippen molar-refractivity contribution in [2.45, 2.75) is 6.42 Å². The molecule has 0 aliphatic carbocycles. The molecule has 2 rings (SSSR count). The Morgan fingerprint density at radius 1 is 1.47 bits per heavy atom. The van der Waals surface area contributed by atoms with Crippen molar-refractivity contribution in [3.8, 4) is 0 Å². The van der Waals surface area contributed by atoms with Crippen LogP contribution in [-0.2, 0) is 4.79 Å². The van der Waals surface area contributed by atoms with Gasteiger partial charge in [0, 0.05) is 30.9 Å². The van der Waals surface area contributed by atoms with Gasteiger partial charge in [-0.15, -0.1) is 0 Å². The van der Waals surface area contributed by atoms with Gasteiger partial charge in [0.05, 0.1) is 5.92 Å². The maximum Gasteiger partial charge on any atom is 0.308 e. The lowest BCUT2D eigenvalue weighted by molar-refractivity contribution is -0.141. The number of aliphatic carboxylic acids is 1. The number of H-pyrrole nitrogens is 1. The number of nitrogens with one attached hydrogen (secondary N) is 1. The topological polar surface area (TPSA) is 90.5 Å². The maximum absolute atomic E-state index is 11.9. The van der Waals surface area contributed by atoms with Crippen LogP contribution in [0.1, 0.15) is 16.8 Å². The SMILES string of the molecule is O=C(O)[C@H]1CCN(C(=O)c2cc[nH]c(=O)c2)C1. The molecular weight excluding hydrogens is 224 g/mol. The second-order valence-electron chi connectivity index (χ2n) is 4.02. The number of likely N-dealkylation sites (tertiary alicyclic amines) is 1. The number of carboxylic acid groups (broad SMARTS) is 1. The van der Waals surface area contributed by atoms with Crippen molar-refractivity contribution < 1.29 is 14.7 Å². The van der Waals surface area contributed by atoms with Crippen LogP contribution in [0.3, 0.4) is 0 Å². The average molecular weight is 236 g/mol. The highest BCUT2D eigenvalue weighted by atomic mass is 16.4. The Hall–Kier alpha value is -2.11. The van der Waals surface area contributed by atoms with Crippen LogP contribution >= 0.6 is 0 Å². The molecule has 6 heteroatoms. The highest BCUT2D eigenvalue weighted by Gasteiger charge is 2.31. The summed E-state index contributed by atoms with van der Waals surface area (Å²) in [6, 6.07) is 2.73. The van der Waals surface area contributed by atoms with Crippen LogP contribution in [0.2, 0.25) is 0 Å². The number of rotatable bonds is 2. The van der Waals surface area contributed by atoms with Gasteiger partial charge >= 0.3 is 5.97 Å². The molecular formula is C11H12N2O4. The van der Waals surface area contributed by atoms with Gasteiger partial charge in [-0.25, -0.2) is 0 Å². The first-order valence-corrected chi connectivity index (χ1v) is 5.29. The Kier molecular flexibility index (Phi) is 2.95. The summed E-state index contributed by atoms with van der Waals surface area (Å²) < 4.78 is 0. The van der Waals surface area contributed by atoms with E-state index in [4.69, 9.17) is 5.11 Å². The predicted octanol–water partition coefficient (Wildman–Crippen LogP) is -0.0784. The molecule has 17 heavy (non-hydrogen) atoms. The number of nitrogens with zero attached hydrogens (tertiary/aromatic N) is 1. The van der Waals surface area contributed by atoms with Gasteiger partial charge in [0.1, 0.15) is 0 Å². The van der Waals surface area contributed by atoms with Gasteiger partial charge in [0.15, 0.2) is 0 Å². The fourth-order valence-corrected chi connectivity index (χ4v) is 1.91. The number of aromatic nitrogens is 1. The van der Waals surface area contributed by atoms with Crippen LogP contribution in [0.4, 0.5) is 0 Å². The third-order valence-electron chi connectivity index (χ3n) is 2.85. The van der Waals surface area contributed by atoms with Gasteiger partial charge in [-0.3, -0.25) is 14.4 Å². The van der Waals surface area contributed by atoms with Crippen LogP contribution in [-0.4, -0.2) is 40.0 Å². The molecule has 0 saturated carbocycles. The molecule has 1 atom stereocenters. The molecule has 1 fully saturated rings. The second-order valence-corrected chi connectivity index (χ2v) is 4.02. The van der Waals surface area contributed by atoms with Crippen LogP contribution in [0.25, 0.3) is 0 Å². The van der Waals surface area contributed by atoms with Crippen molar-refractivity contribution in [3.05, 3.63) is 34.2 Å². The Morgan fingerprint density at radius 3 is 2.82 bits per heavy atom. The van der Waals surface area contributed by atoms with E-state index in [1.807, 2.05) is 0 Å². The van der Waals surface area contributed by atoms with Gasteiger partial charge < -0.3 is 15.0 Å². The van der Waals surface area contributed by atoms with E-state index < -0.39 is 11.9 Å². The van der Waals surface area contributed by atoms with E-state index in [1.165, 1.54) is 23.2 Å². The van der Waals surface area contributed by atoms with E-state index in [-0.39, 0.29) is 18.0 Å². The molecule has 1 amide bonds. The summed E-state index contributed by atoms with van der Waals surface area (Å²) in [5, 5.41) is 8.83. The smallest absolute Gasteiger partial charge is 0.308 e. The number of carbonyl (C=O) groups excluding carboxylic acids is 1. The Bertz CT molecular complexity index is 508. The first-order valence-electron chi connectivity index (χ1n) is 5.29. The van der Waals surface area contributed by atoms with E-state index in [2.05, 4.69) is 4.98 Å². The molecule has 1 aromatic rings. The lowest BCUT2D eigenvalue weighted by Gasteiger charge is -2.15. The lowest BCUT2D eigenvalue weighted by atomic mass is 10.1. The molecule has 0 aromatic carbocycles. The van der Waals surface area contributed by atoms with E-state index in [0.717, 1.165) is 0 Å². The van der Waals surface area contributed by atoms with Gasteiger partial charge in [-0.2, -0.15) is 0 Å². The molecule has 0 unspecified atom stereocenters. The van der Waals surface area contributed by atoms with Crippen molar-refractivity contribution >= 4 is 11.9 Å². The Balaban J connectivity index is 2.12. The fraction of sp³-hybridized carbons (Fsp3) is 0.364. The van der Waals surface area contributed by atoms with Crippen molar-refractivity contribution in [1.82, 2.24) is 9.88 Å². The standard InChI is InChI=1S/C11H12N2O4/c14-9-5-7(1-3-12-9)10(15)13-4-2-8(6-13)11(16)17/h1,3,5,8H,2,4,6H2,(H,12,14)(H,16,17)/t8-/m0/s1. The maximum atomic E-state index is 11.9. The highest BCUT2D eigenvalue weighted by molar-refractivity contribution is 5.94. The molecule has 1 aliphatic heterocycles. The summed E-state index contributed by atoms with van der Waals surface area (Å²) in [7, 11) is 0. The van der Waals surface area contributed by atoms with Crippen LogP contribution in [0.5, 0.6) is 0 Å². The second kappa shape index (κ2) is 4.40.